The highest BCUT2D eigenvalue weighted by Gasteiger charge is 2.35. The number of anilines is 1. The van der Waals surface area contributed by atoms with Crippen LogP contribution in [0.15, 0.2) is 47.4 Å². The maximum Gasteiger partial charge on any atom is 0.268 e. The minimum Gasteiger partial charge on any atom is -0.490 e. The van der Waals surface area contributed by atoms with E-state index in [0.29, 0.717) is 24.4 Å². The van der Waals surface area contributed by atoms with Gasteiger partial charge in [-0.3, -0.25) is 8.99 Å². The van der Waals surface area contributed by atoms with E-state index in [0.717, 1.165) is 28.1 Å². The first-order valence-corrected chi connectivity index (χ1v) is 12.2. The van der Waals surface area contributed by atoms with Crippen LogP contribution in [-0.2, 0) is 23.0 Å². The van der Waals surface area contributed by atoms with Crippen LogP contribution in [0.4, 0.5) is 5.69 Å². The molecule has 0 saturated heterocycles. The van der Waals surface area contributed by atoms with E-state index in [4.69, 9.17) is 4.74 Å². The van der Waals surface area contributed by atoms with E-state index >= 15 is 0 Å². The third-order valence-electron chi connectivity index (χ3n) is 5.92. The number of nitrogens with zero attached hydrogens (tertiary/aromatic N) is 3. The highest BCUT2D eigenvalue weighted by molar-refractivity contribution is 7.93. The standard InChI is InChI=1S/C24H29N3O4S/c1-16-8-7-9-17(2)23(16)31-15-21(28)14-26-19(4)24(18(3)25-26)32(29,30)27-13-12-20-10-5-6-11-22(20)27/h5-11,21,28H,12-15H2,1-4H3. The lowest BCUT2D eigenvalue weighted by Crippen LogP contribution is -2.30. The molecule has 7 nitrogen and oxygen atoms in total. The fourth-order valence-corrected chi connectivity index (χ4v) is 6.24. The fraction of sp³-hybridized carbons (Fsp3) is 0.375. The molecule has 1 aromatic heterocycles. The van der Waals surface area contributed by atoms with Gasteiger partial charge in [-0.2, -0.15) is 5.10 Å². The predicted molar refractivity (Wildman–Crippen MR) is 124 cm³/mol. The average Bonchev–Trinajstić information content (AvgIpc) is 3.29. The molecular weight excluding hydrogens is 426 g/mol. The van der Waals surface area contributed by atoms with E-state index in [1.165, 1.54) is 4.31 Å². The monoisotopic (exact) mass is 455 g/mol. The van der Waals surface area contributed by atoms with Crippen molar-refractivity contribution in [3.05, 3.63) is 70.5 Å². The number of aliphatic hydroxyl groups excluding tert-OH is 1. The summed E-state index contributed by atoms with van der Waals surface area (Å²) in [6.07, 6.45) is -0.147. The van der Waals surface area contributed by atoms with E-state index in [1.54, 1.807) is 18.5 Å². The lowest BCUT2D eigenvalue weighted by Gasteiger charge is -2.20. The number of rotatable bonds is 7. The first kappa shape index (κ1) is 22.4. The molecule has 0 radical (unpaired) electrons. The summed E-state index contributed by atoms with van der Waals surface area (Å²) in [6.45, 7) is 7.99. The molecule has 170 valence electrons. The summed E-state index contributed by atoms with van der Waals surface area (Å²) in [4.78, 5) is 0.206. The largest absolute Gasteiger partial charge is 0.490 e. The molecule has 2 heterocycles. The Balaban J connectivity index is 1.53. The Kier molecular flexibility index (Phi) is 6.01. The molecule has 0 saturated carbocycles. The van der Waals surface area contributed by atoms with Crippen molar-refractivity contribution in [2.45, 2.75) is 51.7 Å². The zero-order chi connectivity index (χ0) is 23.0. The van der Waals surface area contributed by atoms with Crippen LogP contribution in [0.1, 0.15) is 28.1 Å². The average molecular weight is 456 g/mol. The summed E-state index contributed by atoms with van der Waals surface area (Å²) < 4.78 is 35.9. The highest BCUT2D eigenvalue weighted by atomic mass is 32.2. The third kappa shape index (κ3) is 4.00. The van der Waals surface area contributed by atoms with Crippen LogP contribution in [-0.4, -0.2) is 42.6 Å². The van der Waals surface area contributed by atoms with Crippen molar-refractivity contribution in [2.24, 2.45) is 0 Å². The fourth-order valence-electron chi connectivity index (χ4n) is 4.36. The number of aryl methyl sites for hydroxylation is 3. The Morgan fingerprint density at radius 2 is 1.75 bits per heavy atom. The molecular formula is C24H29N3O4S. The van der Waals surface area contributed by atoms with Crippen molar-refractivity contribution >= 4 is 15.7 Å². The maximum atomic E-state index is 13.5. The smallest absolute Gasteiger partial charge is 0.268 e. The quantitative estimate of drug-likeness (QED) is 0.591. The number of aliphatic hydroxyl groups is 1. The third-order valence-corrected chi connectivity index (χ3v) is 7.99. The van der Waals surface area contributed by atoms with Gasteiger partial charge in [-0.05, 0) is 56.9 Å². The number of para-hydroxylation sites is 2. The molecule has 1 unspecified atom stereocenters. The Bertz CT molecular complexity index is 1230. The van der Waals surface area contributed by atoms with Crippen LogP contribution >= 0.6 is 0 Å². The zero-order valence-corrected chi connectivity index (χ0v) is 19.7. The van der Waals surface area contributed by atoms with Crippen molar-refractivity contribution < 1.29 is 18.3 Å². The predicted octanol–water partition coefficient (Wildman–Crippen LogP) is 3.31. The summed E-state index contributed by atoms with van der Waals surface area (Å²) in [7, 11) is -3.76. The van der Waals surface area contributed by atoms with Crippen molar-refractivity contribution in [3.8, 4) is 5.75 Å². The Hall–Kier alpha value is -2.84. The van der Waals surface area contributed by atoms with Crippen LogP contribution in [0.2, 0.25) is 0 Å². The minimum absolute atomic E-state index is 0.0889. The van der Waals surface area contributed by atoms with Crippen molar-refractivity contribution in [1.82, 2.24) is 9.78 Å². The SMILES string of the molecule is Cc1cccc(C)c1OCC(O)Cn1nc(C)c(S(=O)(=O)N2CCc3ccccc32)c1C. The van der Waals surface area contributed by atoms with E-state index in [1.807, 2.05) is 56.3 Å². The van der Waals surface area contributed by atoms with E-state index in [2.05, 4.69) is 5.10 Å². The lowest BCUT2D eigenvalue weighted by atomic mass is 10.1. The van der Waals surface area contributed by atoms with Crippen LogP contribution in [0.25, 0.3) is 0 Å². The van der Waals surface area contributed by atoms with Gasteiger partial charge in [0.05, 0.1) is 23.6 Å². The van der Waals surface area contributed by atoms with Gasteiger partial charge in [0.15, 0.2) is 0 Å². The van der Waals surface area contributed by atoms with Gasteiger partial charge < -0.3 is 9.84 Å². The first-order chi connectivity index (χ1) is 15.2. The molecule has 1 aliphatic rings. The summed E-state index contributed by atoms with van der Waals surface area (Å²) in [5.74, 6) is 0.760. The molecule has 0 aliphatic carbocycles. The van der Waals surface area contributed by atoms with Crippen molar-refractivity contribution in [3.63, 3.8) is 0 Å². The second-order valence-corrected chi connectivity index (χ2v) is 10.1. The van der Waals surface area contributed by atoms with Crippen molar-refractivity contribution in [2.75, 3.05) is 17.5 Å². The molecule has 4 rings (SSSR count). The van der Waals surface area contributed by atoms with Crippen LogP contribution < -0.4 is 9.04 Å². The van der Waals surface area contributed by atoms with Crippen LogP contribution in [0.3, 0.4) is 0 Å². The van der Waals surface area contributed by atoms with Crippen LogP contribution in [0, 0.1) is 27.7 Å². The molecule has 0 fully saturated rings. The molecule has 1 aliphatic heterocycles. The van der Waals surface area contributed by atoms with Gasteiger partial charge in [0.25, 0.3) is 10.0 Å². The van der Waals surface area contributed by atoms with Gasteiger partial charge in [0.1, 0.15) is 23.4 Å². The number of benzene rings is 2. The lowest BCUT2D eigenvalue weighted by molar-refractivity contribution is 0.0880. The van der Waals surface area contributed by atoms with Gasteiger partial charge >= 0.3 is 0 Å². The Labute approximate surface area is 189 Å². The van der Waals surface area contributed by atoms with Gasteiger partial charge in [-0.1, -0.05) is 36.4 Å². The number of ether oxygens (including phenoxy) is 1. The summed E-state index contributed by atoms with van der Waals surface area (Å²) in [5.41, 5.74) is 4.69. The Morgan fingerprint density at radius 1 is 1.06 bits per heavy atom. The topological polar surface area (TPSA) is 84.7 Å². The molecule has 32 heavy (non-hydrogen) atoms. The first-order valence-electron chi connectivity index (χ1n) is 10.7. The Morgan fingerprint density at radius 3 is 2.47 bits per heavy atom. The molecule has 0 amide bonds. The number of sulfonamides is 1. The molecule has 2 aromatic carbocycles. The van der Waals surface area contributed by atoms with E-state index in [9.17, 15) is 13.5 Å². The van der Waals surface area contributed by atoms with Crippen LogP contribution in [0.5, 0.6) is 5.75 Å². The van der Waals surface area contributed by atoms with E-state index in [-0.39, 0.29) is 18.0 Å². The van der Waals surface area contributed by atoms with Crippen molar-refractivity contribution in [1.29, 1.82) is 0 Å². The second kappa shape index (κ2) is 8.60. The molecule has 8 heteroatoms. The summed E-state index contributed by atoms with van der Waals surface area (Å²) in [6, 6.07) is 13.5. The van der Waals surface area contributed by atoms with E-state index < -0.39 is 16.1 Å². The van der Waals surface area contributed by atoms with Gasteiger partial charge in [0.2, 0.25) is 0 Å². The number of aromatic nitrogens is 2. The molecule has 0 spiro atoms. The molecule has 3 aromatic rings. The number of hydrogen-bond donors (Lipinski definition) is 1. The summed E-state index contributed by atoms with van der Waals surface area (Å²) >= 11 is 0. The normalized spacial score (nSPS) is 14.5. The molecule has 0 bridgehead atoms. The number of hydrogen-bond acceptors (Lipinski definition) is 5. The maximum absolute atomic E-state index is 13.5. The van der Waals surface area contributed by atoms with Gasteiger partial charge in [-0.15, -0.1) is 0 Å². The summed E-state index contributed by atoms with van der Waals surface area (Å²) in [5, 5.41) is 15.0. The molecule has 1 atom stereocenters. The molecule has 1 N–H and O–H groups in total. The number of fused-ring (bicyclic) bond motifs is 1. The highest BCUT2D eigenvalue weighted by Crippen LogP contribution is 2.34. The van der Waals surface area contributed by atoms with Gasteiger partial charge in [-0.25, -0.2) is 8.42 Å². The second-order valence-electron chi connectivity index (χ2n) is 8.32. The zero-order valence-electron chi connectivity index (χ0n) is 18.9. The minimum atomic E-state index is -3.76. The van der Waals surface area contributed by atoms with Gasteiger partial charge in [0, 0.05) is 6.54 Å².